The van der Waals surface area contributed by atoms with Gasteiger partial charge in [-0.15, -0.1) is 0 Å². The lowest BCUT2D eigenvalue weighted by atomic mass is 10.4. The van der Waals surface area contributed by atoms with Crippen LogP contribution in [0.3, 0.4) is 0 Å². The Bertz CT molecular complexity index is 245. The summed E-state index contributed by atoms with van der Waals surface area (Å²) in [6.45, 7) is 3.99. The molecule has 0 saturated carbocycles. The third-order valence-corrected chi connectivity index (χ3v) is 4.50. The summed E-state index contributed by atoms with van der Waals surface area (Å²) in [6.07, 6.45) is 0.792. The molecule has 0 aromatic carbocycles. The molecule has 0 aromatic rings. The molecule has 0 aliphatic heterocycles. The highest BCUT2D eigenvalue weighted by molar-refractivity contribution is 6.66. The minimum Gasteiger partial charge on any atom is -0.462 e. The van der Waals surface area contributed by atoms with Crippen molar-refractivity contribution in [2.24, 2.45) is 0 Å². The molecule has 0 saturated heterocycles. The fourth-order valence-corrected chi connectivity index (χ4v) is 2.56. The summed E-state index contributed by atoms with van der Waals surface area (Å²) in [6, 6.07) is 0. The predicted octanol–water partition coefficient (Wildman–Crippen LogP) is 1.47. The SMILES string of the molecule is CCCOC(=O)C(C)=C[Si](OC)(OC)OC.N. The van der Waals surface area contributed by atoms with Gasteiger partial charge in [-0.1, -0.05) is 6.92 Å². The zero-order valence-electron chi connectivity index (χ0n) is 11.2. The van der Waals surface area contributed by atoms with Gasteiger partial charge in [0.1, 0.15) is 0 Å². The Balaban J connectivity index is 0. The second-order valence-corrected chi connectivity index (χ2v) is 5.90. The summed E-state index contributed by atoms with van der Waals surface area (Å²) in [4.78, 5) is 11.5. The van der Waals surface area contributed by atoms with E-state index in [1.54, 1.807) is 12.6 Å². The van der Waals surface area contributed by atoms with E-state index in [1.165, 1.54) is 21.3 Å². The van der Waals surface area contributed by atoms with Gasteiger partial charge in [0.05, 0.1) is 6.61 Å². The van der Waals surface area contributed by atoms with Crippen molar-refractivity contribution in [3.63, 3.8) is 0 Å². The van der Waals surface area contributed by atoms with Gasteiger partial charge in [-0.3, -0.25) is 0 Å². The number of esters is 1. The number of hydrogen-bond acceptors (Lipinski definition) is 6. The van der Waals surface area contributed by atoms with Crippen LogP contribution in [0, 0.1) is 0 Å². The second-order valence-electron chi connectivity index (χ2n) is 3.18. The van der Waals surface area contributed by atoms with Gasteiger partial charge in [-0.05, 0) is 19.0 Å². The number of carbonyl (C=O) groups excluding carboxylic acids is 1. The van der Waals surface area contributed by atoms with E-state index < -0.39 is 8.80 Å². The van der Waals surface area contributed by atoms with Crippen molar-refractivity contribution >= 4 is 14.8 Å². The Morgan fingerprint density at radius 2 is 1.65 bits per heavy atom. The van der Waals surface area contributed by atoms with E-state index in [2.05, 4.69) is 0 Å². The topological polar surface area (TPSA) is 89.0 Å². The van der Waals surface area contributed by atoms with Gasteiger partial charge in [0, 0.05) is 26.9 Å². The normalized spacial score (nSPS) is 11.9. The standard InChI is InChI=1S/C10H20O5Si.H3N/c1-6-7-15-10(11)9(2)8-16(12-3,13-4)14-5;/h8H,6-7H2,1-5H3;1H3. The third kappa shape index (κ3) is 5.94. The summed E-state index contributed by atoms with van der Waals surface area (Å²) < 4.78 is 20.5. The minimum absolute atomic E-state index is 0. The van der Waals surface area contributed by atoms with Crippen LogP contribution in [0.2, 0.25) is 0 Å². The molecule has 0 spiro atoms. The van der Waals surface area contributed by atoms with Crippen LogP contribution in [0.1, 0.15) is 20.3 Å². The Morgan fingerprint density at radius 1 is 1.18 bits per heavy atom. The molecule has 0 aliphatic rings. The Kier molecular flexibility index (Phi) is 10.2. The van der Waals surface area contributed by atoms with E-state index in [-0.39, 0.29) is 12.1 Å². The maximum Gasteiger partial charge on any atom is 0.529 e. The molecule has 0 heterocycles. The van der Waals surface area contributed by atoms with Crippen LogP contribution in [-0.4, -0.2) is 42.7 Å². The van der Waals surface area contributed by atoms with Crippen LogP contribution in [0.25, 0.3) is 0 Å². The first-order valence-electron chi connectivity index (χ1n) is 5.07. The molecule has 0 atom stereocenters. The lowest BCUT2D eigenvalue weighted by molar-refractivity contribution is -0.139. The van der Waals surface area contributed by atoms with Crippen LogP contribution >= 0.6 is 0 Å². The van der Waals surface area contributed by atoms with E-state index in [9.17, 15) is 4.79 Å². The van der Waals surface area contributed by atoms with Crippen molar-refractivity contribution in [1.29, 1.82) is 0 Å². The summed E-state index contributed by atoms with van der Waals surface area (Å²) >= 11 is 0. The largest absolute Gasteiger partial charge is 0.529 e. The van der Waals surface area contributed by atoms with Gasteiger partial charge in [-0.2, -0.15) is 0 Å². The zero-order valence-corrected chi connectivity index (χ0v) is 12.2. The molecule has 0 aromatic heterocycles. The predicted molar refractivity (Wildman–Crippen MR) is 66.8 cm³/mol. The molecule has 3 N–H and O–H groups in total. The summed E-state index contributed by atoms with van der Waals surface area (Å²) in [5, 5.41) is 0. The van der Waals surface area contributed by atoms with Crippen molar-refractivity contribution in [2.75, 3.05) is 27.9 Å². The maximum absolute atomic E-state index is 11.5. The lowest BCUT2D eigenvalue weighted by Crippen LogP contribution is -2.41. The Labute approximate surface area is 104 Å². The van der Waals surface area contributed by atoms with Crippen LogP contribution < -0.4 is 6.15 Å². The molecule has 0 bridgehead atoms. The van der Waals surface area contributed by atoms with Crippen LogP contribution in [0.5, 0.6) is 0 Å². The molecular formula is C10H23NO5Si. The monoisotopic (exact) mass is 265 g/mol. The number of rotatable bonds is 7. The molecule has 6 nitrogen and oxygen atoms in total. The van der Waals surface area contributed by atoms with Crippen LogP contribution in [-0.2, 0) is 22.8 Å². The minimum atomic E-state index is -2.85. The van der Waals surface area contributed by atoms with Gasteiger partial charge in [-0.25, -0.2) is 4.79 Å². The molecule has 0 radical (unpaired) electrons. The van der Waals surface area contributed by atoms with Crippen LogP contribution in [0.4, 0.5) is 0 Å². The van der Waals surface area contributed by atoms with E-state index in [1.807, 2.05) is 6.92 Å². The molecule has 17 heavy (non-hydrogen) atoms. The van der Waals surface area contributed by atoms with Crippen molar-refractivity contribution in [3.8, 4) is 0 Å². The first-order valence-corrected chi connectivity index (χ1v) is 6.87. The quantitative estimate of drug-likeness (QED) is 0.426. The summed E-state index contributed by atoms with van der Waals surface area (Å²) in [5.74, 6) is -0.370. The highest BCUT2D eigenvalue weighted by atomic mass is 28.4. The zero-order chi connectivity index (χ0) is 12.6. The number of ether oxygens (including phenoxy) is 1. The van der Waals surface area contributed by atoms with Gasteiger partial charge in [0.25, 0.3) is 0 Å². The fraction of sp³-hybridized carbons (Fsp3) is 0.700. The van der Waals surface area contributed by atoms with E-state index in [0.717, 1.165) is 6.42 Å². The Morgan fingerprint density at radius 3 is 2.00 bits per heavy atom. The van der Waals surface area contributed by atoms with Gasteiger partial charge < -0.3 is 24.2 Å². The van der Waals surface area contributed by atoms with Gasteiger partial charge >= 0.3 is 14.8 Å². The van der Waals surface area contributed by atoms with Gasteiger partial charge in [0.2, 0.25) is 0 Å². The average molecular weight is 265 g/mol. The molecule has 0 unspecified atom stereocenters. The van der Waals surface area contributed by atoms with E-state index >= 15 is 0 Å². The molecule has 0 fully saturated rings. The molecule has 0 aliphatic carbocycles. The van der Waals surface area contributed by atoms with Crippen molar-refractivity contribution in [3.05, 3.63) is 11.3 Å². The lowest BCUT2D eigenvalue weighted by Gasteiger charge is -2.21. The summed E-state index contributed by atoms with van der Waals surface area (Å²) in [7, 11) is 1.61. The first-order chi connectivity index (χ1) is 7.55. The van der Waals surface area contributed by atoms with Crippen LogP contribution in [0.15, 0.2) is 11.3 Å². The molecule has 0 amide bonds. The molecule has 0 rings (SSSR count). The highest BCUT2D eigenvalue weighted by Gasteiger charge is 2.36. The molecule has 7 heteroatoms. The average Bonchev–Trinajstić information content (AvgIpc) is 2.32. The van der Waals surface area contributed by atoms with Crippen molar-refractivity contribution in [2.45, 2.75) is 20.3 Å². The highest BCUT2D eigenvalue weighted by Crippen LogP contribution is 2.11. The summed E-state index contributed by atoms with van der Waals surface area (Å²) in [5.41, 5.74) is 2.01. The third-order valence-electron chi connectivity index (χ3n) is 2.01. The van der Waals surface area contributed by atoms with Crippen molar-refractivity contribution in [1.82, 2.24) is 6.15 Å². The first kappa shape index (κ1) is 18.6. The number of hydrogen-bond donors (Lipinski definition) is 1. The molecule has 102 valence electrons. The fourth-order valence-electron chi connectivity index (χ4n) is 1.06. The van der Waals surface area contributed by atoms with Gasteiger partial charge in [0.15, 0.2) is 0 Å². The molecular weight excluding hydrogens is 242 g/mol. The Hall–Kier alpha value is -0.733. The van der Waals surface area contributed by atoms with E-state index in [4.69, 9.17) is 18.0 Å². The second kappa shape index (κ2) is 9.31. The maximum atomic E-state index is 11.5. The van der Waals surface area contributed by atoms with Crippen molar-refractivity contribution < 1.29 is 22.8 Å². The number of carbonyl (C=O) groups is 1. The smallest absolute Gasteiger partial charge is 0.462 e. The van der Waals surface area contributed by atoms with E-state index in [0.29, 0.717) is 12.2 Å².